The van der Waals surface area contributed by atoms with Crippen LogP contribution >= 0.6 is 15.9 Å². The van der Waals surface area contributed by atoms with E-state index in [1.807, 2.05) is 146 Å². The van der Waals surface area contributed by atoms with Crippen molar-refractivity contribution in [3.05, 3.63) is 196 Å². The third kappa shape index (κ3) is 12.7. The van der Waals surface area contributed by atoms with Crippen LogP contribution in [0.5, 0.6) is 0 Å². The molecule has 0 N–H and O–H groups in total. The molecule has 0 bridgehead atoms. The molecule has 6 nitrogen and oxygen atoms in total. The van der Waals surface area contributed by atoms with Crippen molar-refractivity contribution < 1.29 is 37.2 Å². The highest BCUT2D eigenvalue weighted by Gasteiger charge is 2.45. The maximum Gasteiger partial charge on any atom is 0.206 e. The van der Waals surface area contributed by atoms with E-state index in [1.165, 1.54) is 0 Å². The molecule has 0 saturated carbocycles. The van der Waals surface area contributed by atoms with Crippen molar-refractivity contribution in [3.8, 4) is 0 Å². The molecule has 5 aromatic rings. The third-order valence-electron chi connectivity index (χ3n) is 11.2. The fourth-order valence-electron chi connectivity index (χ4n) is 7.79. The molecule has 8 atom stereocenters. The summed E-state index contributed by atoms with van der Waals surface area (Å²) in [6.07, 6.45) is -0.723. The van der Waals surface area contributed by atoms with Crippen molar-refractivity contribution >= 4 is 21.8 Å². The Morgan fingerprint density at radius 3 is 1.13 bits per heavy atom. The Kier molecular flexibility index (Phi) is 17.7. The molecule has 0 unspecified atom stereocenters. The van der Waals surface area contributed by atoms with Crippen LogP contribution in [0, 0.1) is 11.8 Å². The standard InChI is InChI=1S/C29H31FO3.C23H26BrFO3/c1-3-25-21(2)27(31-19-22-13-7-4-8-14-22)29(32-20-23-15-9-5-10-16-23)28(33-25)26(30)24-17-11-6-12-18-24;1-3-19-16(2)20(26-14-17-10-6-4-7-11-17)21(22(28-19)23(24)25)27-15-18-12-8-5-9-13-18/h4-18,21,25,27,29H,3,19-20H2,1-2H3;4-13,16,19-21H,3,14-15H2,1-2H3/t21-,25-,27+,29-;16-,19-,20+,21-/m11/s1. The number of benzene rings is 5. The highest BCUT2D eigenvalue weighted by atomic mass is 79.9. The molecule has 2 heterocycles. The molecule has 2 saturated heterocycles. The first-order valence-electron chi connectivity index (χ1n) is 21.2. The largest absolute Gasteiger partial charge is 0.488 e. The minimum absolute atomic E-state index is 0.0341. The second-order valence-corrected chi connectivity index (χ2v) is 16.2. The van der Waals surface area contributed by atoms with Crippen molar-refractivity contribution in [3.63, 3.8) is 0 Å². The molecule has 2 fully saturated rings. The van der Waals surface area contributed by atoms with Gasteiger partial charge in [-0.25, -0.2) is 4.39 Å². The summed E-state index contributed by atoms with van der Waals surface area (Å²) in [5.74, 6) is 0.100. The van der Waals surface area contributed by atoms with Crippen molar-refractivity contribution in [2.45, 2.75) is 104 Å². The van der Waals surface area contributed by atoms with Crippen LogP contribution in [0.3, 0.4) is 0 Å². The Bertz CT molecular complexity index is 2080. The SMILES string of the molecule is CC[C@H]1OC(=C(F)Br)[C@H](OCc2ccccc2)[C@@H](OCc2ccccc2)[C@@H]1C.CC[C@H]1OC(=C(F)c2ccccc2)[C@H](OCc2ccccc2)[C@@H](OCc2ccccc2)[C@@H]1C. The maximum absolute atomic E-state index is 15.8. The summed E-state index contributed by atoms with van der Waals surface area (Å²) in [5, 5.41) is 0. The molecule has 2 aliphatic heterocycles. The van der Waals surface area contributed by atoms with E-state index in [4.69, 9.17) is 28.4 Å². The van der Waals surface area contributed by atoms with E-state index in [2.05, 4.69) is 36.7 Å². The quantitative estimate of drug-likeness (QED) is 0.104. The van der Waals surface area contributed by atoms with Gasteiger partial charge in [-0.3, -0.25) is 0 Å². The summed E-state index contributed by atoms with van der Waals surface area (Å²) in [6, 6.07) is 48.7. The van der Waals surface area contributed by atoms with Crippen LogP contribution < -0.4 is 0 Å². The van der Waals surface area contributed by atoms with Gasteiger partial charge in [-0.1, -0.05) is 179 Å². The second-order valence-electron chi connectivity index (χ2n) is 15.5. The van der Waals surface area contributed by atoms with Gasteiger partial charge in [0.1, 0.15) is 24.4 Å². The van der Waals surface area contributed by atoms with Gasteiger partial charge in [-0.15, -0.1) is 0 Å². The Balaban J connectivity index is 0.000000207. The number of hydrogen-bond acceptors (Lipinski definition) is 6. The van der Waals surface area contributed by atoms with Crippen molar-refractivity contribution in [2.75, 3.05) is 0 Å². The van der Waals surface area contributed by atoms with Crippen LogP contribution in [-0.4, -0.2) is 36.6 Å². The van der Waals surface area contributed by atoms with E-state index in [-0.39, 0.29) is 47.8 Å². The molecule has 0 spiro atoms. The summed E-state index contributed by atoms with van der Waals surface area (Å²) in [4.78, 5) is 0. The van der Waals surface area contributed by atoms with Crippen LogP contribution in [0.25, 0.3) is 5.83 Å². The van der Waals surface area contributed by atoms with E-state index in [0.717, 1.165) is 35.1 Å². The van der Waals surface area contributed by atoms with Crippen LogP contribution in [0.4, 0.5) is 8.78 Å². The summed E-state index contributed by atoms with van der Waals surface area (Å²) in [5.41, 5.74) is 4.65. The fraction of sp³-hybridized carbons (Fsp3) is 0.346. The lowest BCUT2D eigenvalue weighted by atomic mass is 9.87. The average molecular weight is 896 g/mol. The number of rotatable bonds is 15. The maximum atomic E-state index is 15.8. The van der Waals surface area contributed by atoms with E-state index in [9.17, 15) is 4.39 Å². The molecular weight excluding hydrogens is 838 g/mol. The Morgan fingerprint density at radius 2 is 0.787 bits per heavy atom. The van der Waals surface area contributed by atoms with Crippen molar-refractivity contribution in [1.29, 1.82) is 0 Å². The monoisotopic (exact) mass is 894 g/mol. The van der Waals surface area contributed by atoms with Gasteiger partial charge < -0.3 is 28.4 Å². The van der Waals surface area contributed by atoms with Crippen LogP contribution in [0.1, 0.15) is 68.4 Å². The topological polar surface area (TPSA) is 55.4 Å². The Morgan fingerprint density at radius 1 is 0.475 bits per heavy atom. The molecule has 0 aromatic heterocycles. The van der Waals surface area contributed by atoms with Crippen LogP contribution in [0.2, 0.25) is 0 Å². The normalized spacial score (nSPS) is 25.3. The van der Waals surface area contributed by atoms with Gasteiger partial charge in [-0.05, 0) is 51.0 Å². The molecule has 5 aromatic carbocycles. The highest BCUT2D eigenvalue weighted by Crippen LogP contribution is 2.40. The second kappa shape index (κ2) is 23.5. The molecule has 2 aliphatic rings. The first-order valence-corrected chi connectivity index (χ1v) is 22.0. The van der Waals surface area contributed by atoms with Gasteiger partial charge in [0.05, 0.1) is 38.6 Å². The lowest BCUT2D eigenvalue weighted by molar-refractivity contribution is -0.168. The summed E-state index contributed by atoms with van der Waals surface area (Å²) in [7, 11) is 0. The highest BCUT2D eigenvalue weighted by molar-refractivity contribution is 9.11. The molecular formula is C52H57BrF2O6. The minimum Gasteiger partial charge on any atom is -0.488 e. The molecule has 0 aliphatic carbocycles. The van der Waals surface area contributed by atoms with Gasteiger partial charge in [0, 0.05) is 17.4 Å². The predicted octanol–water partition coefficient (Wildman–Crippen LogP) is 13.1. The molecule has 9 heteroatoms. The van der Waals surface area contributed by atoms with Gasteiger partial charge in [0.25, 0.3) is 0 Å². The minimum atomic E-state index is -0.660. The molecule has 0 amide bonds. The zero-order valence-corrected chi connectivity index (χ0v) is 37.0. The summed E-state index contributed by atoms with van der Waals surface area (Å²) >= 11 is 2.96. The van der Waals surface area contributed by atoms with Crippen molar-refractivity contribution in [1.82, 2.24) is 0 Å². The summed E-state index contributed by atoms with van der Waals surface area (Å²) < 4.78 is 66.9. The zero-order chi connectivity index (χ0) is 43.0. The van der Waals surface area contributed by atoms with Crippen molar-refractivity contribution in [2.24, 2.45) is 11.8 Å². The Hall–Kier alpha value is -4.64. The average Bonchev–Trinajstić information content (AvgIpc) is 3.31. The van der Waals surface area contributed by atoms with E-state index in [1.54, 1.807) is 12.1 Å². The molecule has 0 radical (unpaired) electrons. The fourth-order valence-corrected chi connectivity index (χ4v) is 8.11. The lowest BCUT2D eigenvalue weighted by Crippen LogP contribution is -2.49. The van der Waals surface area contributed by atoms with Gasteiger partial charge in [0.15, 0.2) is 17.3 Å². The molecule has 61 heavy (non-hydrogen) atoms. The van der Waals surface area contributed by atoms with Crippen LogP contribution in [-0.2, 0) is 54.8 Å². The number of halogens is 3. The van der Waals surface area contributed by atoms with Gasteiger partial charge in [-0.2, -0.15) is 4.39 Å². The van der Waals surface area contributed by atoms with Gasteiger partial charge in [0.2, 0.25) is 4.74 Å². The lowest BCUT2D eigenvalue weighted by Gasteiger charge is -2.42. The predicted molar refractivity (Wildman–Crippen MR) is 240 cm³/mol. The van der Waals surface area contributed by atoms with E-state index < -0.39 is 22.8 Å². The van der Waals surface area contributed by atoms with E-state index >= 15 is 4.39 Å². The number of hydrogen-bond donors (Lipinski definition) is 0. The third-order valence-corrected chi connectivity index (χ3v) is 11.6. The number of ether oxygens (including phenoxy) is 6. The zero-order valence-electron chi connectivity index (χ0n) is 35.4. The smallest absolute Gasteiger partial charge is 0.206 e. The summed E-state index contributed by atoms with van der Waals surface area (Å²) in [6.45, 7) is 9.82. The van der Waals surface area contributed by atoms with E-state index in [0.29, 0.717) is 32.0 Å². The Labute approximate surface area is 368 Å². The van der Waals surface area contributed by atoms with Gasteiger partial charge >= 0.3 is 0 Å². The molecule has 7 rings (SSSR count). The first kappa shape index (κ1) is 45.9. The van der Waals surface area contributed by atoms with Crippen LogP contribution in [0.15, 0.2) is 168 Å². The molecule has 322 valence electrons. The first-order chi connectivity index (χ1) is 29.8.